The van der Waals surface area contributed by atoms with Crippen LogP contribution in [0.1, 0.15) is 29.8 Å². The number of para-hydroxylation sites is 1. The summed E-state index contributed by atoms with van der Waals surface area (Å²) in [4.78, 5) is 0. The monoisotopic (exact) mass is 345 g/mol. The summed E-state index contributed by atoms with van der Waals surface area (Å²) in [6, 6.07) is 20.6. The van der Waals surface area contributed by atoms with Crippen LogP contribution in [0, 0.1) is 6.92 Å². The van der Waals surface area contributed by atoms with Crippen molar-refractivity contribution in [2.24, 2.45) is 5.10 Å². The van der Waals surface area contributed by atoms with Crippen LogP contribution >= 0.6 is 0 Å². The third kappa shape index (κ3) is 3.10. The van der Waals surface area contributed by atoms with E-state index in [9.17, 15) is 0 Å². The van der Waals surface area contributed by atoms with Crippen molar-refractivity contribution < 1.29 is 4.74 Å². The Bertz CT molecular complexity index is 924. The number of hydrazone groups is 1. The van der Waals surface area contributed by atoms with Gasteiger partial charge in [0.25, 0.3) is 0 Å². The van der Waals surface area contributed by atoms with Gasteiger partial charge in [-0.1, -0.05) is 18.2 Å². The van der Waals surface area contributed by atoms with Gasteiger partial charge >= 0.3 is 0 Å². The smallest absolute Gasteiger partial charge is 0.119 e. The van der Waals surface area contributed by atoms with E-state index in [1.54, 1.807) is 7.11 Å². The van der Waals surface area contributed by atoms with Crippen molar-refractivity contribution in [3.05, 3.63) is 77.6 Å². The number of rotatable bonds is 4. The zero-order valence-electron chi connectivity index (χ0n) is 15.2. The van der Waals surface area contributed by atoms with E-state index >= 15 is 0 Å². The fraction of sp³-hybridized carbons (Fsp3) is 0.227. The molecule has 1 heterocycles. The Morgan fingerprint density at radius 3 is 2.50 bits per heavy atom. The van der Waals surface area contributed by atoms with Gasteiger partial charge in [-0.15, -0.1) is 0 Å². The van der Waals surface area contributed by atoms with Gasteiger partial charge in [0.05, 0.1) is 18.5 Å². The minimum atomic E-state index is 0.877. The topological polar surface area (TPSA) is 38.5 Å². The summed E-state index contributed by atoms with van der Waals surface area (Å²) in [5.41, 5.74) is 10.3. The highest BCUT2D eigenvalue weighted by Crippen LogP contribution is 2.29. The average Bonchev–Trinajstić information content (AvgIpc) is 3.03. The molecule has 0 saturated carbocycles. The van der Waals surface area contributed by atoms with E-state index in [4.69, 9.17) is 9.84 Å². The molecule has 2 aromatic carbocycles. The molecule has 0 radical (unpaired) electrons. The largest absolute Gasteiger partial charge is 0.497 e. The summed E-state index contributed by atoms with van der Waals surface area (Å²) in [6.45, 7) is 2.16. The number of nitrogens with zero attached hydrogens (tertiary/aromatic N) is 2. The normalized spacial score (nSPS) is 14.9. The first-order valence-corrected chi connectivity index (χ1v) is 9.00. The molecule has 4 nitrogen and oxygen atoms in total. The molecule has 0 atom stereocenters. The van der Waals surface area contributed by atoms with Gasteiger partial charge in [0, 0.05) is 22.6 Å². The number of nitrogens with one attached hydrogen (secondary N) is 1. The maximum atomic E-state index is 5.28. The van der Waals surface area contributed by atoms with Crippen LogP contribution < -0.4 is 10.2 Å². The van der Waals surface area contributed by atoms with E-state index in [1.165, 1.54) is 22.6 Å². The zero-order chi connectivity index (χ0) is 17.9. The van der Waals surface area contributed by atoms with Crippen molar-refractivity contribution in [1.82, 2.24) is 4.57 Å². The number of aryl methyl sites for hydroxylation is 1. The second kappa shape index (κ2) is 7.08. The van der Waals surface area contributed by atoms with Crippen molar-refractivity contribution in [1.29, 1.82) is 0 Å². The van der Waals surface area contributed by atoms with Crippen LogP contribution in [0.15, 0.2) is 65.8 Å². The third-order valence-electron chi connectivity index (χ3n) is 4.85. The number of hydrogen-bond acceptors (Lipinski definition) is 3. The van der Waals surface area contributed by atoms with Crippen molar-refractivity contribution >= 4 is 11.4 Å². The fourth-order valence-electron chi connectivity index (χ4n) is 3.60. The van der Waals surface area contributed by atoms with Gasteiger partial charge in [-0.05, 0) is 68.7 Å². The Morgan fingerprint density at radius 2 is 1.77 bits per heavy atom. The fourth-order valence-corrected chi connectivity index (χ4v) is 3.60. The van der Waals surface area contributed by atoms with Gasteiger partial charge in [0.15, 0.2) is 0 Å². The lowest BCUT2D eigenvalue weighted by atomic mass is 9.96. The molecule has 0 aliphatic heterocycles. The molecule has 0 bridgehead atoms. The quantitative estimate of drug-likeness (QED) is 0.680. The minimum absolute atomic E-state index is 0.877. The number of fused-ring (bicyclic) bond motifs is 1. The number of ether oxygens (including phenoxy) is 1. The minimum Gasteiger partial charge on any atom is -0.497 e. The van der Waals surface area contributed by atoms with Gasteiger partial charge in [0.1, 0.15) is 5.75 Å². The molecule has 3 aromatic rings. The highest BCUT2D eigenvalue weighted by Gasteiger charge is 2.22. The van der Waals surface area contributed by atoms with E-state index < -0.39 is 0 Å². The molecule has 0 spiro atoms. The Labute approximate surface area is 154 Å². The van der Waals surface area contributed by atoms with Crippen LogP contribution in [0.25, 0.3) is 5.69 Å². The summed E-state index contributed by atoms with van der Waals surface area (Å²) in [7, 11) is 1.69. The molecule has 4 heteroatoms. The molecule has 0 saturated heterocycles. The highest BCUT2D eigenvalue weighted by atomic mass is 16.5. The Morgan fingerprint density at radius 1 is 1.00 bits per heavy atom. The molecule has 1 N–H and O–H groups in total. The number of anilines is 1. The summed E-state index contributed by atoms with van der Waals surface area (Å²) < 4.78 is 7.62. The SMILES string of the molecule is COc1ccc(-n2c(C)cc3c2CCCC3=NNc2ccccc2)cc1. The molecule has 4 rings (SSSR count). The number of aromatic nitrogens is 1. The summed E-state index contributed by atoms with van der Waals surface area (Å²) in [5.74, 6) is 0.877. The molecule has 1 aromatic heterocycles. The molecule has 1 aliphatic rings. The summed E-state index contributed by atoms with van der Waals surface area (Å²) in [6.07, 6.45) is 3.18. The summed E-state index contributed by atoms with van der Waals surface area (Å²) in [5, 5.41) is 4.70. The van der Waals surface area contributed by atoms with E-state index in [-0.39, 0.29) is 0 Å². The maximum Gasteiger partial charge on any atom is 0.119 e. The van der Waals surface area contributed by atoms with Crippen molar-refractivity contribution in [2.75, 3.05) is 12.5 Å². The van der Waals surface area contributed by atoms with E-state index in [1.807, 2.05) is 42.5 Å². The van der Waals surface area contributed by atoms with Crippen molar-refractivity contribution in [3.8, 4) is 11.4 Å². The second-order valence-electron chi connectivity index (χ2n) is 6.57. The van der Waals surface area contributed by atoms with E-state index in [0.717, 1.165) is 36.4 Å². The molecule has 0 fully saturated rings. The number of hydrogen-bond donors (Lipinski definition) is 1. The first-order chi connectivity index (χ1) is 12.8. The van der Waals surface area contributed by atoms with Crippen LogP contribution in [0.4, 0.5) is 5.69 Å². The molecule has 1 aliphatic carbocycles. The first kappa shape index (κ1) is 16.5. The predicted molar refractivity (Wildman–Crippen MR) is 107 cm³/mol. The molecular weight excluding hydrogens is 322 g/mol. The second-order valence-corrected chi connectivity index (χ2v) is 6.57. The van der Waals surface area contributed by atoms with Crippen LogP contribution in [0.3, 0.4) is 0 Å². The van der Waals surface area contributed by atoms with Crippen LogP contribution in [-0.2, 0) is 6.42 Å². The molecule has 0 unspecified atom stereocenters. The van der Waals surface area contributed by atoms with Crippen LogP contribution in [-0.4, -0.2) is 17.4 Å². The molecule has 26 heavy (non-hydrogen) atoms. The first-order valence-electron chi connectivity index (χ1n) is 9.00. The van der Waals surface area contributed by atoms with E-state index in [0.29, 0.717) is 0 Å². The van der Waals surface area contributed by atoms with Crippen LogP contribution in [0.5, 0.6) is 5.75 Å². The highest BCUT2D eigenvalue weighted by molar-refractivity contribution is 6.03. The standard InChI is InChI=1S/C22H23N3O/c1-16-15-20-21(24-23-17-7-4-3-5-8-17)9-6-10-22(20)25(16)18-11-13-19(26-2)14-12-18/h3-5,7-8,11-15,23H,6,9-10H2,1-2H3. The Hall–Kier alpha value is -3.01. The van der Waals surface area contributed by atoms with Crippen molar-refractivity contribution in [3.63, 3.8) is 0 Å². The average molecular weight is 345 g/mol. The number of benzene rings is 2. The maximum absolute atomic E-state index is 5.28. The van der Waals surface area contributed by atoms with Gasteiger partial charge in [-0.2, -0.15) is 5.10 Å². The lowest BCUT2D eigenvalue weighted by Gasteiger charge is -2.18. The lowest BCUT2D eigenvalue weighted by Crippen LogP contribution is -2.15. The van der Waals surface area contributed by atoms with E-state index in [2.05, 4.69) is 35.1 Å². The molecular formula is C22H23N3O. The lowest BCUT2D eigenvalue weighted by molar-refractivity contribution is 0.414. The van der Waals surface area contributed by atoms with Gasteiger partial charge in [-0.3, -0.25) is 5.43 Å². The Kier molecular flexibility index (Phi) is 4.48. The Balaban J connectivity index is 1.69. The third-order valence-corrected chi connectivity index (χ3v) is 4.85. The van der Waals surface area contributed by atoms with Gasteiger partial charge in [0.2, 0.25) is 0 Å². The number of methoxy groups -OCH3 is 1. The summed E-state index contributed by atoms with van der Waals surface area (Å²) >= 11 is 0. The van der Waals surface area contributed by atoms with Crippen molar-refractivity contribution in [2.45, 2.75) is 26.2 Å². The van der Waals surface area contributed by atoms with Gasteiger partial charge < -0.3 is 9.30 Å². The molecule has 132 valence electrons. The predicted octanol–water partition coefficient (Wildman–Crippen LogP) is 4.95. The molecule has 0 amide bonds. The van der Waals surface area contributed by atoms with Crippen LogP contribution in [0.2, 0.25) is 0 Å². The van der Waals surface area contributed by atoms with Gasteiger partial charge in [-0.25, -0.2) is 0 Å². The zero-order valence-corrected chi connectivity index (χ0v) is 15.2.